The summed E-state index contributed by atoms with van der Waals surface area (Å²) in [6.45, 7) is 4.80. The molecule has 19 heteroatoms. The van der Waals surface area contributed by atoms with E-state index in [0.717, 1.165) is 116 Å². The van der Waals surface area contributed by atoms with Crippen molar-refractivity contribution in [3.8, 4) is 0 Å². The third-order valence-electron chi connectivity index (χ3n) is 17.9. The maximum absolute atomic E-state index is 13.1. The molecule has 2 unspecified atom stereocenters. The Morgan fingerprint density at radius 1 is 0.269 bits per heavy atom. The molecular weight excluding hydrogens is 1350 g/mol. The van der Waals surface area contributed by atoms with Crippen molar-refractivity contribution in [2.24, 2.45) is 0 Å². The van der Waals surface area contributed by atoms with Crippen LogP contribution in [0.4, 0.5) is 0 Å². The number of ether oxygens (including phenoxy) is 4. The molecule has 0 saturated carbocycles. The number of carbonyl (C=O) groups excluding carboxylic acids is 4. The van der Waals surface area contributed by atoms with Gasteiger partial charge >= 0.3 is 39.5 Å². The van der Waals surface area contributed by atoms with E-state index in [-0.39, 0.29) is 25.7 Å². The molecule has 0 aromatic heterocycles. The van der Waals surface area contributed by atoms with Gasteiger partial charge in [-0.25, -0.2) is 9.13 Å². The van der Waals surface area contributed by atoms with E-state index in [4.69, 9.17) is 37.0 Å². The van der Waals surface area contributed by atoms with Crippen LogP contribution < -0.4 is 0 Å². The van der Waals surface area contributed by atoms with E-state index in [9.17, 15) is 43.2 Å². The first kappa shape index (κ1) is 100. The number of aliphatic hydroxyl groups is 1. The Morgan fingerprint density at radius 2 is 0.490 bits per heavy atom. The molecule has 5 atom stereocenters. The van der Waals surface area contributed by atoms with E-state index >= 15 is 0 Å². The molecule has 0 saturated heterocycles. The normalized spacial score (nSPS) is 14.3. The molecule has 0 rings (SSSR count). The molecule has 0 aromatic rings. The van der Waals surface area contributed by atoms with Gasteiger partial charge in [-0.2, -0.15) is 0 Å². The molecule has 0 aliphatic heterocycles. The zero-order chi connectivity index (χ0) is 76.0. The highest BCUT2D eigenvalue weighted by molar-refractivity contribution is 7.47. The van der Waals surface area contributed by atoms with Crippen LogP contribution in [0.3, 0.4) is 0 Å². The van der Waals surface area contributed by atoms with Crippen LogP contribution in [0.1, 0.15) is 374 Å². The van der Waals surface area contributed by atoms with Crippen LogP contribution in [0.2, 0.25) is 0 Å². The first-order valence-electron chi connectivity index (χ1n) is 41.8. The van der Waals surface area contributed by atoms with E-state index in [0.29, 0.717) is 32.1 Å². The summed E-state index contributed by atoms with van der Waals surface area (Å²) < 4.78 is 68.6. The largest absolute Gasteiger partial charge is 0.472 e. The summed E-state index contributed by atoms with van der Waals surface area (Å²) in [7, 11) is -9.98. The minimum Gasteiger partial charge on any atom is -0.462 e. The molecule has 0 radical (unpaired) electrons. The molecule has 0 aromatic carbocycles. The van der Waals surface area contributed by atoms with E-state index in [1.165, 1.54) is 173 Å². The van der Waals surface area contributed by atoms with Gasteiger partial charge < -0.3 is 33.8 Å². The van der Waals surface area contributed by atoms with Crippen molar-refractivity contribution in [3.63, 3.8) is 0 Å². The predicted octanol–water partition coefficient (Wildman–Crippen LogP) is 24.6. The molecule has 0 aliphatic rings. The second-order valence-corrected chi connectivity index (χ2v) is 31.0. The molecule has 0 heterocycles. The van der Waals surface area contributed by atoms with Gasteiger partial charge in [0.1, 0.15) is 19.3 Å². The molecule has 3 N–H and O–H groups in total. The number of esters is 4. The lowest BCUT2D eigenvalue weighted by Gasteiger charge is -2.21. The second kappa shape index (κ2) is 77.4. The Morgan fingerprint density at radius 3 is 0.798 bits per heavy atom. The molecule has 604 valence electrons. The van der Waals surface area contributed by atoms with Crippen LogP contribution in [0.25, 0.3) is 0 Å². The van der Waals surface area contributed by atoms with Crippen molar-refractivity contribution >= 4 is 39.5 Å². The van der Waals surface area contributed by atoms with Crippen LogP contribution in [-0.4, -0.2) is 96.7 Å². The summed E-state index contributed by atoms with van der Waals surface area (Å²) in [5, 5.41) is 10.7. The van der Waals surface area contributed by atoms with Crippen LogP contribution in [0, 0.1) is 0 Å². The van der Waals surface area contributed by atoms with Gasteiger partial charge in [0.2, 0.25) is 0 Å². The van der Waals surface area contributed by atoms with Crippen molar-refractivity contribution in [2.75, 3.05) is 39.6 Å². The minimum atomic E-state index is -4.99. The van der Waals surface area contributed by atoms with Gasteiger partial charge in [0.15, 0.2) is 12.2 Å². The van der Waals surface area contributed by atoms with Crippen molar-refractivity contribution in [1.29, 1.82) is 0 Å². The predicted molar refractivity (Wildman–Crippen MR) is 427 cm³/mol. The number of phosphoric acid groups is 2. The number of allylic oxidation sites excluding steroid dienone is 14. The summed E-state index contributed by atoms with van der Waals surface area (Å²) in [6, 6.07) is 0. The Bertz CT molecular complexity index is 2300. The Balaban J connectivity index is 5.41. The lowest BCUT2D eigenvalue weighted by molar-refractivity contribution is -0.161. The second-order valence-electron chi connectivity index (χ2n) is 28.1. The van der Waals surface area contributed by atoms with Gasteiger partial charge in [-0.15, -0.1) is 0 Å². The topological polar surface area (TPSA) is 237 Å². The van der Waals surface area contributed by atoms with Crippen LogP contribution >= 0.6 is 15.6 Å². The molecule has 0 aliphatic carbocycles. The summed E-state index contributed by atoms with van der Waals surface area (Å²) in [4.78, 5) is 73.1. The number of hydrogen-bond acceptors (Lipinski definition) is 15. The lowest BCUT2D eigenvalue weighted by Crippen LogP contribution is -2.30. The Kier molecular flexibility index (Phi) is 74.6. The average Bonchev–Trinajstić information content (AvgIpc) is 0.943. The zero-order valence-corrected chi connectivity index (χ0v) is 68.0. The van der Waals surface area contributed by atoms with Gasteiger partial charge in [-0.1, -0.05) is 337 Å². The Hall–Kier alpha value is -3.76. The van der Waals surface area contributed by atoms with Gasteiger partial charge in [-0.3, -0.25) is 37.3 Å². The van der Waals surface area contributed by atoms with Gasteiger partial charge in [-0.05, 0) is 96.3 Å². The summed E-state index contributed by atoms with van der Waals surface area (Å²) in [5.74, 6) is -2.25. The van der Waals surface area contributed by atoms with Crippen molar-refractivity contribution in [2.45, 2.75) is 393 Å². The summed E-state index contributed by atoms with van der Waals surface area (Å²) in [6.07, 6.45) is 81.3. The molecule has 104 heavy (non-hydrogen) atoms. The quantitative estimate of drug-likeness (QED) is 0.0169. The number of aliphatic hydroxyl groups excluding tert-OH is 1. The number of carbonyl (C=O) groups is 4. The van der Waals surface area contributed by atoms with Crippen LogP contribution in [-0.2, 0) is 65.4 Å². The van der Waals surface area contributed by atoms with Crippen LogP contribution in [0.5, 0.6) is 0 Å². The van der Waals surface area contributed by atoms with E-state index in [1.54, 1.807) is 0 Å². The lowest BCUT2D eigenvalue weighted by atomic mass is 10.0. The number of unbranched alkanes of at least 4 members (excludes halogenated alkanes) is 39. The third-order valence-corrected chi connectivity index (χ3v) is 19.8. The maximum atomic E-state index is 13.1. The molecule has 0 bridgehead atoms. The highest BCUT2D eigenvalue weighted by Gasteiger charge is 2.30. The van der Waals surface area contributed by atoms with Gasteiger partial charge in [0.05, 0.1) is 26.4 Å². The SMILES string of the molecule is CCCCC/C=C\C/C=C\C/C=C\C/C=C\C/C=C\CCC(=O)O[C@H](COC(=O)CCCCCCCCCCCCCCCCC)COP(=O)(O)OC[C@H](O)COP(=O)(O)OC[C@@H](COC(=O)CCCCCCC/C=C\C/C=C\CCCCC)OC(=O)CCCCCCCCCCCCCCCCC. The zero-order valence-electron chi connectivity index (χ0n) is 66.2. The summed E-state index contributed by atoms with van der Waals surface area (Å²) >= 11 is 0. The maximum Gasteiger partial charge on any atom is 0.472 e. The van der Waals surface area contributed by atoms with E-state index in [2.05, 4.69) is 94.5 Å². The monoisotopic (exact) mass is 1510 g/mol. The molecule has 0 fully saturated rings. The summed E-state index contributed by atoms with van der Waals surface area (Å²) in [5.41, 5.74) is 0. The molecule has 0 spiro atoms. The van der Waals surface area contributed by atoms with Crippen LogP contribution in [0.15, 0.2) is 85.1 Å². The number of hydrogen-bond donors (Lipinski definition) is 3. The molecule has 0 amide bonds. The molecular formula is C85H152O17P2. The van der Waals surface area contributed by atoms with E-state index < -0.39 is 97.5 Å². The first-order chi connectivity index (χ1) is 50.7. The highest BCUT2D eigenvalue weighted by Crippen LogP contribution is 2.45. The van der Waals surface area contributed by atoms with Gasteiger partial charge in [0.25, 0.3) is 0 Å². The fourth-order valence-corrected chi connectivity index (χ4v) is 13.1. The first-order valence-corrected chi connectivity index (χ1v) is 44.8. The standard InChI is InChI=1S/C85H152O17P2/c1-5-9-13-17-21-25-29-33-37-38-39-40-44-48-52-56-60-64-68-72-85(90)102-81(76-96-83(88)70-66-62-58-54-50-46-42-35-31-27-23-19-15-11-7-3)78-100-104(93,94)98-74-79(86)73-97-103(91,92)99-77-80(101-84(89)71-67-63-59-55-51-47-43-36-32-28-24-20-16-12-8-4)75-95-82(87)69-65-61-57-53-49-45-41-34-30-26-22-18-14-10-6-2/h21-22,25-26,33-34,37,39-41,48,52,60,64,79-81,86H,5-20,23-24,27-32,35-36,38,42-47,49-51,53-59,61-63,65-78H2,1-4H3,(H,91,92)(H,93,94)/b25-21-,26-22-,37-33-,40-39-,41-34-,52-48-,64-60-/t79-,80-,81-/m1/s1. The minimum absolute atomic E-state index is 0.0252. The fraction of sp³-hybridized carbons (Fsp3) is 0.788. The Labute approximate surface area is 634 Å². The third kappa shape index (κ3) is 76.4. The fourth-order valence-electron chi connectivity index (χ4n) is 11.5. The smallest absolute Gasteiger partial charge is 0.462 e. The van der Waals surface area contributed by atoms with Crippen molar-refractivity contribution in [1.82, 2.24) is 0 Å². The average molecular weight is 1510 g/mol. The molecule has 17 nitrogen and oxygen atoms in total. The van der Waals surface area contributed by atoms with Crippen molar-refractivity contribution in [3.05, 3.63) is 85.1 Å². The van der Waals surface area contributed by atoms with Crippen molar-refractivity contribution < 1.29 is 80.2 Å². The highest BCUT2D eigenvalue weighted by atomic mass is 31.2. The van der Waals surface area contributed by atoms with Gasteiger partial charge in [0, 0.05) is 25.7 Å². The number of phosphoric ester groups is 2. The number of rotatable bonds is 79. The van der Waals surface area contributed by atoms with E-state index in [1.807, 2.05) is 18.2 Å².